The average Bonchev–Trinajstić information content (AvgIpc) is 2.81. The molecule has 4 heteroatoms. The van der Waals surface area contributed by atoms with Crippen molar-refractivity contribution >= 4 is 18.2 Å². The third-order valence-electron chi connectivity index (χ3n) is 2.48. The number of ketones is 1. The molecule has 0 bridgehead atoms. The summed E-state index contributed by atoms with van der Waals surface area (Å²) in [6.45, 7) is 1.91. The van der Waals surface area contributed by atoms with Crippen LogP contribution in [0, 0.1) is 0 Å². The Bertz CT molecular complexity index is 475. The molecule has 2 rings (SSSR count). The van der Waals surface area contributed by atoms with Crippen LogP contribution in [0.15, 0.2) is 47.3 Å². The summed E-state index contributed by atoms with van der Waals surface area (Å²) in [7, 11) is 0. The van der Waals surface area contributed by atoms with E-state index in [1.54, 1.807) is 18.2 Å². The Kier molecular flexibility index (Phi) is 4.49. The van der Waals surface area contributed by atoms with Crippen molar-refractivity contribution < 1.29 is 9.21 Å². The molecule has 2 aromatic rings. The number of hydrogen-bond donors (Lipinski definition) is 1. The first-order valence-electron chi connectivity index (χ1n) is 5.11. The van der Waals surface area contributed by atoms with Gasteiger partial charge >= 0.3 is 0 Å². The lowest BCUT2D eigenvalue weighted by molar-refractivity contribution is 0.103. The van der Waals surface area contributed by atoms with Crippen LogP contribution < -0.4 is 5.73 Å². The first kappa shape index (κ1) is 13.5. The summed E-state index contributed by atoms with van der Waals surface area (Å²) in [6, 6.07) is 8.96. The van der Waals surface area contributed by atoms with E-state index in [0.29, 0.717) is 11.1 Å². The molecular formula is C13H14ClNO2. The number of halogens is 1. The van der Waals surface area contributed by atoms with E-state index in [0.717, 1.165) is 5.56 Å². The molecule has 0 aliphatic rings. The minimum Gasteiger partial charge on any atom is -0.472 e. The van der Waals surface area contributed by atoms with Crippen LogP contribution in [0.5, 0.6) is 0 Å². The van der Waals surface area contributed by atoms with Crippen molar-refractivity contribution in [2.75, 3.05) is 0 Å². The minimum absolute atomic E-state index is 0. The molecular weight excluding hydrogens is 238 g/mol. The summed E-state index contributed by atoms with van der Waals surface area (Å²) in [5, 5.41) is 0. The van der Waals surface area contributed by atoms with Gasteiger partial charge in [0, 0.05) is 11.6 Å². The van der Waals surface area contributed by atoms with Gasteiger partial charge < -0.3 is 10.2 Å². The van der Waals surface area contributed by atoms with Crippen LogP contribution in [0.2, 0.25) is 0 Å². The van der Waals surface area contributed by atoms with Gasteiger partial charge in [-0.3, -0.25) is 4.79 Å². The number of benzene rings is 1. The maximum Gasteiger partial charge on any atom is 0.196 e. The first-order valence-corrected chi connectivity index (χ1v) is 5.11. The Hall–Kier alpha value is -1.58. The topological polar surface area (TPSA) is 56.2 Å². The fourth-order valence-electron chi connectivity index (χ4n) is 1.50. The molecule has 0 aliphatic carbocycles. The molecule has 17 heavy (non-hydrogen) atoms. The van der Waals surface area contributed by atoms with Gasteiger partial charge in [0.05, 0.1) is 11.8 Å². The van der Waals surface area contributed by atoms with Crippen molar-refractivity contribution in [3.63, 3.8) is 0 Å². The van der Waals surface area contributed by atoms with Crippen molar-refractivity contribution in [3.8, 4) is 0 Å². The number of nitrogens with two attached hydrogens (primary N) is 1. The predicted octanol–water partition coefficient (Wildman–Crippen LogP) is 2.95. The Labute approximate surface area is 106 Å². The van der Waals surface area contributed by atoms with Crippen molar-refractivity contribution in [1.82, 2.24) is 0 Å². The summed E-state index contributed by atoms with van der Waals surface area (Å²) < 4.78 is 4.88. The number of furan rings is 1. The van der Waals surface area contributed by atoms with E-state index in [-0.39, 0.29) is 24.2 Å². The molecule has 0 spiro atoms. The number of rotatable bonds is 3. The molecule has 1 aromatic heterocycles. The number of carbonyl (C=O) groups excluding carboxylic acids is 1. The molecule has 90 valence electrons. The van der Waals surface area contributed by atoms with E-state index in [1.165, 1.54) is 12.5 Å². The van der Waals surface area contributed by atoms with E-state index >= 15 is 0 Å². The van der Waals surface area contributed by atoms with E-state index in [9.17, 15) is 4.79 Å². The lowest BCUT2D eigenvalue weighted by Crippen LogP contribution is -2.06. The second-order valence-electron chi connectivity index (χ2n) is 3.75. The molecule has 0 aliphatic heterocycles. The largest absolute Gasteiger partial charge is 0.472 e. The summed E-state index contributed by atoms with van der Waals surface area (Å²) in [5.41, 5.74) is 7.96. The predicted molar refractivity (Wildman–Crippen MR) is 68.4 cm³/mol. The average molecular weight is 252 g/mol. The van der Waals surface area contributed by atoms with Crippen molar-refractivity contribution in [2.24, 2.45) is 5.73 Å². The van der Waals surface area contributed by atoms with Gasteiger partial charge in [-0.05, 0) is 18.6 Å². The van der Waals surface area contributed by atoms with Crippen LogP contribution in [-0.2, 0) is 0 Å². The van der Waals surface area contributed by atoms with Crippen LogP contribution >= 0.6 is 12.4 Å². The van der Waals surface area contributed by atoms with Crippen LogP contribution in [0.3, 0.4) is 0 Å². The molecule has 0 radical (unpaired) electrons. The Morgan fingerprint density at radius 2 is 1.82 bits per heavy atom. The van der Waals surface area contributed by atoms with Crippen molar-refractivity contribution in [3.05, 3.63) is 59.5 Å². The highest BCUT2D eigenvalue weighted by Gasteiger charge is 2.10. The summed E-state index contributed by atoms with van der Waals surface area (Å²) >= 11 is 0. The molecule has 0 amide bonds. The SMILES string of the molecule is C[C@@H](N)c1ccc(C(=O)c2ccoc2)cc1.Cl. The fourth-order valence-corrected chi connectivity index (χ4v) is 1.50. The van der Waals surface area contributed by atoms with E-state index < -0.39 is 0 Å². The molecule has 1 heterocycles. The molecule has 1 aromatic carbocycles. The second kappa shape index (κ2) is 5.66. The highest BCUT2D eigenvalue weighted by molar-refractivity contribution is 6.08. The van der Waals surface area contributed by atoms with E-state index in [1.807, 2.05) is 19.1 Å². The molecule has 0 saturated heterocycles. The summed E-state index contributed by atoms with van der Waals surface area (Å²) in [6.07, 6.45) is 2.94. The van der Waals surface area contributed by atoms with Crippen LogP contribution in [0.25, 0.3) is 0 Å². The minimum atomic E-state index is -0.0371. The zero-order valence-corrected chi connectivity index (χ0v) is 10.2. The molecule has 2 N–H and O–H groups in total. The summed E-state index contributed by atoms with van der Waals surface area (Å²) in [4.78, 5) is 11.9. The van der Waals surface area contributed by atoms with Crippen LogP contribution in [0.4, 0.5) is 0 Å². The van der Waals surface area contributed by atoms with Gasteiger partial charge in [-0.25, -0.2) is 0 Å². The van der Waals surface area contributed by atoms with Gasteiger partial charge in [0.25, 0.3) is 0 Å². The highest BCUT2D eigenvalue weighted by Crippen LogP contribution is 2.14. The molecule has 0 unspecified atom stereocenters. The first-order chi connectivity index (χ1) is 7.68. The zero-order chi connectivity index (χ0) is 11.5. The van der Waals surface area contributed by atoms with Gasteiger partial charge in [-0.15, -0.1) is 12.4 Å². The highest BCUT2D eigenvalue weighted by atomic mass is 35.5. The fraction of sp³-hybridized carbons (Fsp3) is 0.154. The maximum absolute atomic E-state index is 11.9. The molecule has 0 fully saturated rings. The monoisotopic (exact) mass is 251 g/mol. The van der Waals surface area contributed by atoms with E-state index in [4.69, 9.17) is 10.2 Å². The lowest BCUT2D eigenvalue weighted by atomic mass is 10.0. The van der Waals surface area contributed by atoms with Gasteiger partial charge in [0.1, 0.15) is 6.26 Å². The van der Waals surface area contributed by atoms with Crippen LogP contribution in [0.1, 0.15) is 34.5 Å². The third-order valence-corrected chi connectivity index (χ3v) is 2.48. The molecule has 0 saturated carbocycles. The maximum atomic E-state index is 11.9. The second-order valence-corrected chi connectivity index (χ2v) is 3.75. The molecule has 1 atom stereocenters. The quantitative estimate of drug-likeness (QED) is 0.854. The third kappa shape index (κ3) is 2.96. The van der Waals surface area contributed by atoms with E-state index in [2.05, 4.69) is 0 Å². The van der Waals surface area contributed by atoms with Crippen molar-refractivity contribution in [2.45, 2.75) is 13.0 Å². The number of hydrogen-bond acceptors (Lipinski definition) is 3. The van der Waals surface area contributed by atoms with Crippen molar-refractivity contribution in [1.29, 1.82) is 0 Å². The Morgan fingerprint density at radius 1 is 1.18 bits per heavy atom. The summed E-state index contributed by atoms with van der Waals surface area (Å²) in [5.74, 6) is -0.0371. The Balaban J connectivity index is 0.00000144. The smallest absolute Gasteiger partial charge is 0.196 e. The normalized spacial score (nSPS) is 11.6. The van der Waals surface area contributed by atoms with Gasteiger partial charge in [0.15, 0.2) is 5.78 Å². The number of carbonyl (C=O) groups is 1. The lowest BCUT2D eigenvalue weighted by Gasteiger charge is -2.05. The van der Waals surface area contributed by atoms with Gasteiger partial charge in [0.2, 0.25) is 0 Å². The molecule has 3 nitrogen and oxygen atoms in total. The standard InChI is InChI=1S/C13H13NO2.ClH/c1-9(14)10-2-4-11(5-3-10)13(15)12-6-7-16-8-12;/h2-9H,14H2,1H3;1H/t9-;/m1./s1. The Morgan fingerprint density at radius 3 is 2.29 bits per heavy atom. The zero-order valence-electron chi connectivity index (χ0n) is 9.42. The van der Waals surface area contributed by atoms with Gasteiger partial charge in [-0.2, -0.15) is 0 Å². The van der Waals surface area contributed by atoms with Gasteiger partial charge in [-0.1, -0.05) is 24.3 Å². The van der Waals surface area contributed by atoms with Crippen LogP contribution in [-0.4, -0.2) is 5.78 Å².